The molecule has 1 atom stereocenters. The van der Waals surface area contributed by atoms with Crippen molar-refractivity contribution in [1.29, 1.82) is 0 Å². The van der Waals surface area contributed by atoms with Gasteiger partial charge in [-0.15, -0.1) is 0 Å². The van der Waals surface area contributed by atoms with Gasteiger partial charge in [0.25, 0.3) is 0 Å². The Kier molecular flexibility index (Phi) is 3.67. The molecule has 0 spiro atoms. The minimum absolute atomic E-state index is 0.371. The number of piperidine rings is 1. The van der Waals surface area contributed by atoms with Crippen LogP contribution in [0.2, 0.25) is 0 Å². The van der Waals surface area contributed by atoms with E-state index in [1.54, 1.807) is 0 Å². The lowest BCUT2D eigenvalue weighted by Crippen LogP contribution is -2.50. The summed E-state index contributed by atoms with van der Waals surface area (Å²) >= 11 is 0. The van der Waals surface area contributed by atoms with E-state index in [-0.39, 0.29) is 0 Å². The first-order valence-corrected chi connectivity index (χ1v) is 6.48. The van der Waals surface area contributed by atoms with Crippen molar-refractivity contribution in [1.82, 2.24) is 10.3 Å². The van der Waals surface area contributed by atoms with Gasteiger partial charge in [0.1, 0.15) is 5.82 Å². The Labute approximate surface area is 104 Å². The van der Waals surface area contributed by atoms with Crippen LogP contribution < -0.4 is 10.6 Å². The molecule has 2 heterocycles. The average molecular weight is 233 g/mol. The topological polar surface area (TPSA) is 37.0 Å². The molecule has 1 aliphatic rings. The van der Waals surface area contributed by atoms with Crippen LogP contribution in [0.3, 0.4) is 0 Å². The van der Waals surface area contributed by atoms with Crippen molar-refractivity contribution in [3.05, 3.63) is 23.9 Å². The van der Waals surface area contributed by atoms with Crippen LogP contribution in [-0.2, 0) is 0 Å². The molecule has 2 rings (SSSR count). The lowest BCUT2D eigenvalue weighted by Gasteiger charge is -2.39. The third-order valence-corrected chi connectivity index (χ3v) is 3.73. The van der Waals surface area contributed by atoms with Gasteiger partial charge in [-0.1, -0.05) is 19.9 Å². The first-order chi connectivity index (χ1) is 8.08. The monoisotopic (exact) mass is 233 g/mol. The van der Waals surface area contributed by atoms with E-state index >= 15 is 0 Å². The normalized spacial score (nSPS) is 23.4. The van der Waals surface area contributed by atoms with Gasteiger partial charge in [-0.3, -0.25) is 0 Å². The van der Waals surface area contributed by atoms with Gasteiger partial charge in [0.2, 0.25) is 0 Å². The zero-order valence-corrected chi connectivity index (χ0v) is 11.1. The van der Waals surface area contributed by atoms with Gasteiger partial charge in [-0.2, -0.15) is 0 Å². The predicted octanol–water partition coefficient (Wildman–Crippen LogP) is 2.58. The molecule has 1 saturated heterocycles. The molecule has 1 aromatic rings. The summed E-state index contributed by atoms with van der Waals surface area (Å²) < 4.78 is 0. The van der Waals surface area contributed by atoms with Crippen LogP contribution in [0.15, 0.2) is 18.3 Å². The smallest absolute Gasteiger partial charge is 0.125 e. The molecule has 3 nitrogen and oxygen atoms in total. The van der Waals surface area contributed by atoms with Gasteiger partial charge >= 0.3 is 0 Å². The van der Waals surface area contributed by atoms with Gasteiger partial charge in [0, 0.05) is 18.8 Å². The molecule has 0 radical (unpaired) electrons. The Morgan fingerprint density at radius 1 is 1.47 bits per heavy atom. The highest BCUT2D eigenvalue weighted by atomic mass is 15.0. The fourth-order valence-electron chi connectivity index (χ4n) is 2.40. The summed E-state index contributed by atoms with van der Waals surface area (Å²) in [5, 5.41) is 7.02. The number of hydrogen-bond donors (Lipinski definition) is 2. The van der Waals surface area contributed by atoms with Crippen LogP contribution >= 0.6 is 0 Å². The number of hydrogen-bond acceptors (Lipinski definition) is 3. The molecule has 1 aromatic heterocycles. The minimum atomic E-state index is 0.371. The van der Waals surface area contributed by atoms with Crippen LogP contribution in [-0.4, -0.2) is 24.1 Å². The molecule has 0 aromatic carbocycles. The van der Waals surface area contributed by atoms with Crippen molar-refractivity contribution in [3.8, 4) is 0 Å². The van der Waals surface area contributed by atoms with Crippen LogP contribution in [0.25, 0.3) is 0 Å². The molecule has 0 amide bonds. The summed E-state index contributed by atoms with van der Waals surface area (Å²) in [6.45, 7) is 8.82. The summed E-state index contributed by atoms with van der Waals surface area (Å²) in [5.41, 5.74) is 1.57. The fourth-order valence-corrected chi connectivity index (χ4v) is 2.40. The van der Waals surface area contributed by atoms with E-state index in [1.165, 1.54) is 18.4 Å². The zero-order chi connectivity index (χ0) is 12.3. The maximum absolute atomic E-state index is 4.37. The maximum atomic E-state index is 4.37. The van der Waals surface area contributed by atoms with Gasteiger partial charge in [-0.05, 0) is 43.4 Å². The summed E-state index contributed by atoms with van der Waals surface area (Å²) in [6.07, 6.45) is 4.49. The third-order valence-electron chi connectivity index (χ3n) is 3.73. The quantitative estimate of drug-likeness (QED) is 0.842. The van der Waals surface area contributed by atoms with Crippen LogP contribution in [0.5, 0.6) is 0 Å². The number of pyridine rings is 1. The van der Waals surface area contributed by atoms with E-state index in [1.807, 2.05) is 12.3 Å². The van der Waals surface area contributed by atoms with E-state index < -0.39 is 0 Å². The standard InChI is InChI=1S/C14H23N3/c1-11-5-6-13(16-9-11)17-10-12-14(2,3)7-4-8-15-12/h5-6,9,12,15H,4,7-8,10H2,1-3H3,(H,16,17). The predicted molar refractivity (Wildman–Crippen MR) is 72.3 cm³/mol. The Bertz CT molecular complexity index is 356. The number of aromatic nitrogens is 1. The first kappa shape index (κ1) is 12.4. The number of aryl methyl sites for hydroxylation is 1. The number of rotatable bonds is 3. The Morgan fingerprint density at radius 3 is 2.94 bits per heavy atom. The number of nitrogens with one attached hydrogen (secondary N) is 2. The van der Waals surface area contributed by atoms with Crippen LogP contribution in [0.4, 0.5) is 5.82 Å². The van der Waals surface area contributed by atoms with E-state index in [2.05, 4.69) is 42.5 Å². The number of anilines is 1. The highest BCUT2D eigenvalue weighted by Gasteiger charge is 2.31. The fraction of sp³-hybridized carbons (Fsp3) is 0.643. The van der Waals surface area contributed by atoms with E-state index in [4.69, 9.17) is 0 Å². The molecule has 1 unspecified atom stereocenters. The molecule has 2 N–H and O–H groups in total. The van der Waals surface area contributed by atoms with Crippen molar-refractivity contribution in [2.45, 2.75) is 39.7 Å². The Hall–Kier alpha value is -1.09. The molecule has 0 bridgehead atoms. The lowest BCUT2D eigenvalue weighted by molar-refractivity contribution is 0.188. The molecule has 3 heteroatoms. The van der Waals surface area contributed by atoms with Crippen molar-refractivity contribution >= 4 is 5.82 Å². The summed E-state index contributed by atoms with van der Waals surface area (Å²) in [6, 6.07) is 4.67. The average Bonchev–Trinajstić information content (AvgIpc) is 2.29. The third kappa shape index (κ3) is 3.19. The second-order valence-electron chi connectivity index (χ2n) is 5.70. The van der Waals surface area contributed by atoms with E-state index in [0.717, 1.165) is 18.9 Å². The molecular formula is C14H23N3. The van der Waals surface area contributed by atoms with Crippen molar-refractivity contribution in [2.24, 2.45) is 5.41 Å². The summed E-state index contributed by atoms with van der Waals surface area (Å²) in [4.78, 5) is 4.37. The van der Waals surface area contributed by atoms with E-state index in [0.29, 0.717) is 11.5 Å². The molecule has 94 valence electrons. The molecule has 17 heavy (non-hydrogen) atoms. The van der Waals surface area contributed by atoms with Crippen molar-refractivity contribution in [2.75, 3.05) is 18.4 Å². The molecular weight excluding hydrogens is 210 g/mol. The highest BCUT2D eigenvalue weighted by Crippen LogP contribution is 2.29. The van der Waals surface area contributed by atoms with Gasteiger partial charge in [0.05, 0.1) is 0 Å². The second-order valence-corrected chi connectivity index (χ2v) is 5.70. The zero-order valence-electron chi connectivity index (χ0n) is 11.1. The first-order valence-electron chi connectivity index (χ1n) is 6.48. The number of nitrogens with zero attached hydrogens (tertiary/aromatic N) is 1. The molecule has 0 aliphatic carbocycles. The highest BCUT2D eigenvalue weighted by molar-refractivity contribution is 5.35. The van der Waals surface area contributed by atoms with E-state index in [9.17, 15) is 0 Å². The van der Waals surface area contributed by atoms with Crippen LogP contribution in [0, 0.1) is 12.3 Å². The van der Waals surface area contributed by atoms with Crippen molar-refractivity contribution < 1.29 is 0 Å². The molecule has 1 fully saturated rings. The lowest BCUT2D eigenvalue weighted by atomic mass is 9.77. The largest absolute Gasteiger partial charge is 0.368 e. The minimum Gasteiger partial charge on any atom is -0.368 e. The summed E-state index contributed by atoms with van der Waals surface area (Å²) in [5.74, 6) is 0.971. The second kappa shape index (κ2) is 5.05. The van der Waals surface area contributed by atoms with Gasteiger partial charge < -0.3 is 10.6 Å². The summed E-state index contributed by atoms with van der Waals surface area (Å²) in [7, 11) is 0. The molecule has 0 saturated carbocycles. The molecule has 1 aliphatic heterocycles. The van der Waals surface area contributed by atoms with Crippen LogP contribution in [0.1, 0.15) is 32.3 Å². The maximum Gasteiger partial charge on any atom is 0.125 e. The van der Waals surface area contributed by atoms with Crippen molar-refractivity contribution in [3.63, 3.8) is 0 Å². The van der Waals surface area contributed by atoms with Gasteiger partial charge in [0.15, 0.2) is 0 Å². The SMILES string of the molecule is Cc1ccc(NCC2NCCCC2(C)C)nc1. The Balaban J connectivity index is 1.91. The van der Waals surface area contributed by atoms with Gasteiger partial charge in [-0.25, -0.2) is 4.98 Å². The Morgan fingerprint density at radius 2 is 2.29 bits per heavy atom.